The minimum atomic E-state index is 0.407. The molecule has 17 heavy (non-hydrogen) atoms. The van der Waals surface area contributed by atoms with Gasteiger partial charge in [-0.25, -0.2) is 4.98 Å². The second kappa shape index (κ2) is 6.01. The number of pyridine rings is 1. The standard InChI is InChI=1S/C12H16Cl2N2O/c1-17-10-2-4-16(5-3-10)8-9-7-15-12(14)6-11(9)13/h6-7,10H,2-5,8H2,1H3. The van der Waals surface area contributed by atoms with Gasteiger partial charge in [-0.3, -0.25) is 4.90 Å². The van der Waals surface area contributed by atoms with Crippen molar-refractivity contribution in [3.05, 3.63) is 28.0 Å². The van der Waals surface area contributed by atoms with E-state index in [9.17, 15) is 0 Å². The van der Waals surface area contributed by atoms with Gasteiger partial charge in [0.2, 0.25) is 0 Å². The Morgan fingerprint density at radius 2 is 2.12 bits per heavy atom. The average Bonchev–Trinajstić information content (AvgIpc) is 2.34. The molecule has 0 amide bonds. The Morgan fingerprint density at radius 3 is 2.71 bits per heavy atom. The third-order valence-corrected chi connectivity index (χ3v) is 3.72. The van der Waals surface area contributed by atoms with Gasteiger partial charge in [-0.15, -0.1) is 0 Å². The van der Waals surface area contributed by atoms with Gasteiger partial charge in [-0.1, -0.05) is 23.2 Å². The number of likely N-dealkylation sites (tertiary alicyclic amines) is 1. The van der Waals surface area contributed by atoms with Crippen LogP contribution >= 0.6 is 23.2 Å². The molecule has 5 heteroatoms. The van der Waals surface area contributed by atoms with Gasteiger partial charge in [0, 0.05) is 43.5 Å². The molecule has 1 fully saturated rings. The van der Waals surface area contributed by atoms with E-state index in [-0.39, 0.29) is 0 Å². The van der Waals surface area contributed by atoms with Gasteiger partial charge in [-0.2, -0.15) is 0 Å². The van der Waals surface area contributed by atoms with Crippen LogP contribution in [-0.4, -0.2) is 36.2 Å². The third kappa shape index (κ3) is 3.55. The van der Waals surface area contributed by atoms with E-state index in [4.69, 9.17) is 27.9 Å². The fourth-order valence-electron chi connectivity index (χ4n) is 2.10. The minimum absolute atomic E-state index is 0.407. The first-order valence-electron chi connectivity index (χ1n) is 5.74. The molecule has 2 heterocycles. The minimum Gasteiger partial charge on any atom is -0.381 e. The average molecular weight is 275 g/mol. The van der Waals surface area contributed by atoms with Crippen molar-refractivity contribution in [1.82, 2.24) is 9.88 Å². The van der Waals surface area contributed by atoms with Crippen molar-refractivity contribution in [3.63, 3.8) is 0 Å². The second-order valence-corrected chi connectivity index (χ2v) is 5.10. The molecule has 1 saturated heterocycles. The predicted molar refractivity (Wildman–Crippen MR) is 69.6 cm³/mol. The molecule has 1 aliphatic heterocycles. The van der Waals surface area contributed by atoms with E-state index in [1.807, 2.05) is 0 Å². The van der Waals surface area contributed by atoms with Crippen LogP contribution in [0.25, 0.3) is 0 Å². The fraction of sp³-hybridized carbons (Fsp3) is 0.583. The summed E-state index contributed by atoms with van der Waals surface area (Å²) in [5.74, 6) is 0. The summed E-state index contributed by atoms with van der Waals surface area (Å²) in [6, 6.07) is 1.69. The quantitative estimate of drug-likeness (QED) is 0.793. The normalized spacial score (nSPS) is 18.5. The van der Waals surface area contributed by atoms with Crippen molar-refractivity contribution >= 4 is 23.2 Å². The number of halogens is 2. The number of rotatable bonds is 3. The lowest BCUT2D eigenvalue weighted by atomic mass is 10.1. The van der Waals surface area contributed by atoms with Crippen molar-refractivity contribution in [1.29, 1.82) is 0 Å². The lowest BCUT2D eigenvalue weighted by molar-refractivity contribution is 0.0388. The van der Waals surface area contributed by atoms with E-state index in [0.717, 1.165) is 38.0 Å². The Bertz CT molecular complexity index is 379. The first kappa shape index (κ1) is 13.1. The van der Waals surface area contributed by atoms with Crippen molar-refractivity contribution in [2.75, 3.05) is 20.2 Å². The van der Waals surface area contributed by atoms with E-state index < -0.39 is 0 Å². The molecule has 1 aliphatic rings. The number of aromatic nitrogens is 1. The van der Waals surface area contributed by atoms with E-state index >= 15 is 0 Å². The molecule has 0 spiro atoms. The molecule has 0 saturated carbocycles. The first-order valence-corrected chi connectivity index (χ1v) is 6.49. The zero-order chi connectivity index (χ0) is 12.3. The summed E-state index contributed by atoms with van der Waals surface area (Å²) in [6.07, 6.45) is 4.32. The van der Waals surface area contributed by atoms with E-state index in [0.29, 0.717) is 16.3 Å². The van der Waals surface area contributed by atoms with Gasteiger partial charge in [0.25, 0.3) is 0 Å². The topological polar surface area (TPSA) is 25.4 Å². The maximum Gasteiger partial charge on any atom is 0.130 e. The van der Waals surface area contributed by atoms with Crippen LogP contribution in [0.4, 0.5) is 0 Å². The molecule has 94 valence electrons. The molecule has 0 aliphatic carbocycles. The van der Waals surface area contributed by atoms with Gasteiger partial charge in [0.05, 0.1) is 6.10 Å². The van der Waals surface area contributed by atoms with Gasteiger partial charge in [0.15, 0.2) is 0 Å². The molecule has 3 nitrogen and oxygen atoms in total. The fourth-order valence-corrected chi connectivity index (χ4v) is 2.52. The Morgan fingerprint density at radius 1 is 1.41 bits per heavy atom. The van der Waals surface area contributed by atoms with E-state index in [1.165, 1.54) is 0 Å². The monoisotopic (exact) mass is 274 g/mol. The summed E-state index contributed by atoms with van der Waals surface area (Å²) in [4.78, 5) is 6.43. The van der Waals surface area contributed by atoms with E-state index in [1.54, 1.807) is 19.4 Å². The second-order valence-electron chi connectivity index (χ2n) is 4.31. The van der Waals surface area contributed by atoms with Gasteiger partial charge >= 0.3 is 0 Å². The zero-order valence-corrected chi connectivity index (χ0v) is 11.3. The Balaban J connectivity index is 1.93. The van der Waals surface area contributed by atoms with Crippen molar-refractivity contribution in [2.45, 2.75) is 25.5 Å². The van der Waals surface area contributed by atoms with Crippen molar-refractivity contribution < 1.29 is 4.74 Å². The smallest absolute Gasteiger partial charge is 0.130 e. The Kier molecular flexibility index (Phi) is 4.62. The number of methoxy groups -OCH3 is 1. The molecule has 0 N–H and O–H groups in total. The van der Waals surface area contributed by atoms with Crippen LogP contribution in [0.2, 0.25) is 10.2 Å². The van der Waals surface area contributed by atoms with Crippen LogP contribution in [0.5, 0.6) is 0 Å². The number of piperidine rings is 1. The van der Waals surface area contributed by atoms with Crippen molar-refractivity contribution in [3.8, 4) is 0 Å². The van der Waals surface area contributed by atoms with Crippen LogP contribution in [0.15, 0.2) is 12.3 Å². The molecule has 0 unspecified atom stereocenters. The first-order chi connectivity index (χ1) is 8.19. The largest absolute Gasteiger partial charge is 0.381 e. The molecule has 0 radical (unpaired) electrons. The maximum atomic E-state index is 6.13. The molecule has 1 aromatic rings. The summed E-state index contributed by atoms with van der Waals surface area (Å²) in [5, 5.41) is 1.13. The van der Waals surface area contributed by atoms with Gasteiger partial charge in [-0.05, 0) is 18.9 Å². The summed E-state index contributed by atoms with van der Waals surface area (Å²) in [6.45, 7) is 2.91. The van der Waals surface area contributed by atoms with Gasteiger partial charge in [0.1, 0.15) is 5.15 Å². The lowest BCUT2D eigenvalue weighted by Gasteiger charge is -2.31. The summed E-state index contributed by atoms with van der Waals surface area (Å²) >= 11 is 11.9. The van der Waals surface area contributed by atoms with Crippen molar-refractivity contribution in [2.24, 2.45) is 0 Å². The number of hydrogen-bond acceptors (Lipinski definition) is 3. The molecule has 2 rings (SSSR count). The van der Waals surface area contributed by atoms with Gasteiger partial charge < -0.3 is 4.74 Å². The van der Waals surface area contributed by atoms with Crippen LogP contribution in [-0.2, 0) is 11.3 Å². The van der Waals surface area contributed by atoms with Crippen LogP contribution in [0.3, 0.4) is 0 Å². The van der Waals surface area contributed by atoms with Crippen LogP contribution in [0, 0.1) is 0 Å². The highest BCUT2D eigenvalue weighted by Gasteiger charge is 2.19. The maximum absolute atomic E-state index is 6.13. The molecule has 0 aromatic carbocycles. The molecular formula is C12H16Cl2N2O. The van der Waals surface area contributed by atoms with Crippen LogP contribution < -0.4 is 0 Å². The van der Waals surface area contributed by atoms with E-state index in [2.05, 4.69) is 9.88 Å². The molecule has 0 bridgehead atoms. The SMILES string of the molecule is COC1CCN(Cc2cnc(Cl)cc2Cl)CC1. The highest BCUT2D eigenvalue weighted by atomic mass is 35.5. The van der Waals surface area contributed by atoms with Crippen LogP contribution in [0.1, 0.15) is 18.4 Å². The lowest BCUT2D eigenvalue weighted by Crippen LogP contribution is -2.36. The Labute approximate surface area is 112 Å². The molecule has 1 aromatic heterocycles. The number of nitrogens with zero attached hydrogens (tertiary/aromatic N) is 2. The number of ether oxygens (including phenoxy) is 1. The highest BCUT2D eigenvalue weighted by Crippen LogP contribution is 2.22. The molecular weight excluding hydrogens is 259 g/mol. The summed E-state index contributed by atoms with van der Waals surface area (Å²) in [5.41, 5.74) is 1.03. The number of hydrogen-bond donors (Lipinski definition) is 0. The summed E-state index contributed by atoms with van der Waals surface area (Å²) < 4.78 is 5.35. The third-order valence-electron chi connectivity index (χ3n) is 3.16. The summed E-state index contributed by atoms with van der Waals surface area (Å²) in [7, 11) is 1.78. The zero-order valence-electron chi connectivity index (χ0n) is 9.83. The highest BCUT2D eigenvalue weighted by molar-refractivity contribution is 6.34. The Hall–Kier alpha value is -0.350. The molecule has 0 atom stereocenters. The predicted octanol–water partition coefficient (Wildman–Crippen LogP) is 3.00.